The number of aromatic nitrogens is 2. The van der Waals surface area contributed by atoms with Gasteiger partial charge in [-0.25, -0.2) is 5.43 Å². The predicted octanol–water partition coefficient (Wildman–Crippen LogP) is 3.53. The molecule has 2 aromatic rings. The number of H-pyrrole nitrogens is 1. The Morgan fingerprint density at radius 1 is 1.33 bits per heavy atom. The van der Waals surface area contributed by atoms with E-state index in [0.717, 1.165) is 38.3 Å². The quantitative estimate of drug-likeness (QED) is 0.411. The zero-order chi connectivity index (χ0) is 19.4. The molecular weight excluding hydrogens is 388 g/mol. The highest BCUT2D eigenvalue weighted by atomic mass is 35.5. The molecule has 0 bridgehead atoms. The fourth-order valence-electron chi connectivity index (χ4n) is 3.21. The molecule has 1 fully saturated rings. The van der Waals surface area contributed by atoms with Gasteiger partial charge in [-0.05, 0) is 37.2 Å². The summed E-state index contributed by atoms with van der Waals surface area (Å²) in [6.45, 7) is 0. The Labute approximate surface area is 165 Å². The van der Waals surface area contributed by atoms with Crippen LogP contribution in [-0.2, 0) is 0 Å². The number of rotatable bonds is 4. The third kappa shape index (κ3) is 4.28. The largest absolute Gasteiger partial charge is 0.494 e. The van der Waals surface area contributed by atoms with Crippen molar-refractivity contribution in [2.24, 2.45) is 5.10 Å². The molecule has 3 rings (SSSR count). The van der Waals surface area contributed by atoms with Gasteiger partial charge in [0.05, 0.1) is 16.8 Å². The van der Waals surface area contributed by atoms with Crippen molar-refractivity contribution < 1.29 is 9.90 Å². The van der Waals surface area contributed by atoms with Crippen molar-refractivity contribution in [3.63, 3.8) is 0 Å². The Kier molecular flexibility index (Phi) is 6.08. The van der Waals surface area contributed by atoms with Crippen LogP contribution < -0.4 is 11.0 Å². The number of aromatic amines is 1. The molecule has 1 saturated carbocycles. The average Bonchev–Trinajstić information content (AvgIpc) is 2.65. The first-order valence-electron chi connectivity index (χ1n) is 8.64. The molecule has 0 spiro atoms. The maximum absolute atomic E-state index is 12.2. The van der Waals surface area contributed by atoms with Crippen LogP contribution in [0.3, 0.4) is 0 Å². The van der Waals surface area contributed by atoms with E-state index in [4.69, 9.17) is 23.8 Å². The van der Waals surface area contributed by atoms with E-state index < -0.39 is 11.5 Å². The van der Waals surface area contributed by atoms with E-state index in [1.54, 1.807) is 28.8 Å². The number of carbonyl (C=O) groups excluding carboxylic acids is 1. The van der Waals surface area contributed by atoms with Crippen LogP contribution in [0.1, 0.15) is 54.1 Å². The summed E-state index contributed by atoms with van der Waals surface area (Å²) in [5.41, 5.74) is 1.93. The number of amides is 1. The average molecular weight is 407 g/mol. The van der Waals surface area contributed by atoms with Crippen LogP contribution in [0.25, 0.3) is 0 Å². The second-order valence-corrected chi connectivity index (χ2v) is 7.13. The topological polar surface area (TPSA) is 99.5 Å². The minimum absolute atomic E-state index is 0.0352. The number of hydrazone groups is 1. The molecule has 142 valence electrons. The zero-order valence-electron chi connectivity index (χ0n) is 14.4. The van der Waals surface area contributed by atoms with Crippen LogP contribution in [0.4, 0.5) is 0 Å². The van der Waals surface area contributed by atoms with Crippen molar-refractivity contribution in [3.05, 3.63) is 55.5 Å². The van der Waals surface area contributed by atoms with E-state index in [9.17, 15) is 14.7 Å². The first-order valence-corrected chi connectivity index (χ1v) is 9.43. The van der Waals surface area contributed by atoms with Gasteiger partial charge in [0.1, 0.15) is 5.56 Å². The molecule has 1 amide bonds. The first kappa shape index (κ1) is 19.3. The highest BCUT2D eigenvalue weighted by Gasteiger charge is 2.21. The van der Waals surface area contributed by atoms with Crippen molar-refractivity contribution in [1.29, 1.82) is 0 Å². The molecule has 27 heavy (non-hydrogen) atoms. The molecule has 3 N–H and O–H groups in total. The highest BCUT2D eigenvalue weighted by Crippen LogP contribution is 2.31. The summed E-state index contributed by atoms with van der Waals surface area (Å²) < 4.78 is 1.74. The van der Waals surface area contributed by atoms with Crippen molar-refractivity contribution in [2.45, 2.75) is 38.1 Å². The van der Waals surface area contributed by atoms with Gasteiger partial charge in [0.25, 0.3) is 11.5 Å². The third-order valence-corrected chi connectivity index (χ3v) is 5.20. The number of nitrogens with zero attached hydrogens (tertiary/aromatic N) is 2. The van der Waals surface area contributed by atoms with E-state index >= 15 is 0 Å². The summed E-state index contributed by atoms with van der Waals surface area (Å²) in [7, 11) is 0. The van der Waals surface area contributed by atoms with E-state index in [-0.39, 0.29) is 32.8 Å². The number of carbonyl (C=O) groups is 1. The summed E-state index contributed by atoms with van der Waals surface area (Å²) in [5, 5.41) is 14.7. The predicted molar refractivity (Wildman–Crippen MR) is 106 cm³/mol. The molecule has 0 atom stereocenters. The minimum Gasteiger partial charge on any atom is -0.494 e. The molecule has 7 nitrogen and oxygen atoms in total. The first-order chi connectivity index (χ1) is 13.0. The fraction of sp³-hybridized carbons (Fsp3) is 0.333. The van der Waals surface area contributed by atoms with Crippen LogP contribution in [0.5, 0.6) is 5.88 Å². The van der Waals surface area contributed by atoms with E-state index in [1.807, 2.05) is 0 Å². The number of aromatic hydroxyl groups is 1. The molecule has 1 aromatic heterocycles. The molecule has 1 aromatic carbocycles. The summed E-state index contributed by atoms with van der Waals surface area (Å²) in [4.78, 5) is 26.9. The molecule has 1 heterocycles. The van der Waals surface area contributed by atoms with Crippen LogP contribution in [0.2, 0.25) is 5.02 Å². The van der Waals surface area contributed by atoms with Crippen molar-refractivity contribution in [3.8, 4) is 5.88 Å². The highest BCUT2D eigenvalue weighted by molar-refractivity contribution is 7.71. The van der Waals surface area contributed by atoms with Gasteiger partial charge in [0.2, 0.25) is 5.88 Å². The Hall–Kier alpha value is -2.45. The molecule has 1 aliphatic rings. The lowest BCUT2D eigenvalue weighted by molar-refractivity contribution is 0.0955. The molecule has 0 saturated heterocycles. The summed E-state index contributed by atoms with van der Waals surface area (Å²) in [6, 6.07) is 6.57. The number of hydrogen-bond acceptors (Lipinski definition) is 5. The number of halogens is 1. The summed E-state index contributed by atoms with van der Waals surface area (Å²) >= 11 is 11.2. The normalized spacial score (nSPS) is 15.1. The Morgan fingerprint density at radius 2 is 2.04 bits per heavy atom. The van der Waals surface area contributed by atoms with E-state index in [2.05, 4.69) is 15.5 Å². The maximum Gasteiger partial charge on any atom is 0.272 e. The lowest BCUT2D eigenvalue weighted by atomic mass is 9.95. The maximum atomic E-state index is 12.2. The molecule has 1 aliphatic carbocycles. The van der Waals surface area contributed by atoms with Gasteiger partial charge in [0.15, 0.2) is 4.77 Å². The monoisotopic (exact) mass is 406 g/mol. The smallest absolute Gasteiger partial charge is 0.272 e. The van der Waals surface area contributed by atoms with Gasteiger partial charge >= 0.3 is 0 Å². The van der Waals surface area contributed by atoms with Gasteiger partial charge in [-0.2, -0.15) is 5.10 Å². The second-order valence-electron chi connectivity index (χ2n) is 6.34. The third-order valence-electron chi connectivity index (χ3n) is 4.57. The summed E-state index contributed by atoms with van der Waals surface area (Å²) in [6.07, 6.45) is 6.11. The molecule has 0 aliphatic heterocycles. The lowest BCUT2D eigenvalue weighted by Crippen LogP contribution is -2.24. The molecular formula is C18H19ClN4O3S. The van der Waals surface area contributed by atoms with Crippen LogP contribution in [0, 0.1) is 4.77 Å². The van der Waals surface area contributed by atoms with Crippen molar-refractivity contribution >= 4 is 35.9 Å². The molecule has 0 radical (unpaired) electrons. The van der Waals surface area contributed by atoms with Gasteiger partial charge in [0, 0.05) is 6.04 Å². The lowest BCUT2D eigenvalue weighted by Gasteiger charge is -2.25. The molecule has 9 heteroatoms. The number of nitrogens with one attached hydrogen (secondary N) is 2. The van der Waals surface area contributed by atoms with Crippen LogP contribution in [-0.4, -0.2) is 26.8 Å². The van der Waals surface area contributed by atoms with Crippen molar-refractivity contribution in [2.75, 3.05) is 0 Å². The molecule has 0 unspecified atom stereocenters. The van der Waals surface area contributed by atoms with E-state index in [0.29, 0.717) is 0 Å². The standard InChI is InChI=1S/C18H19ClN4O3S/c19-14-9-5-4-8-12(14)16(25)22-20-10-13-15(24)21-18(27)23(17(13)26)11-6-2-1-3-7-11/h4-5,8-11,26H,1-3,6-7H2,(H,22,25)(H,21,24,27). The minimum atomic E-state index is -0.569. The Morgan fingerprint density at radius 3 is 2.74 bits per heavy atom. The van der Waals surface area contributed by atoms with Gasteiger partial charge in [-0.3, -0.25) is 19.1 Å². The fourth-order valence-corrected chi connectivity index (χ4v) is 3.76. The van der Waals surface area contributed by atoms with Gasteiger partial charge in [-0.15, -0.1) is 0 Å². The van der Waals surface area contributed by atoms with Gasteiger partial charge < -0.3 is 5.11 Å². The van der Waals surface area contributed by atoms with Crippen LogP contribution >= 0.6 is 23.8 Å². The SMILES string of the molecule is O=C(NN=Cc1c(O)n(C2CCCCC2)c(=S)[nH]c1=O)c1ccccc1Cl. The van der Waals surface area contributed by atoms with Crippen molar-refractivity contribution in [1.82, 2.24) is 15.0 Å². The second kappa shape index (κ2) is 8.49. The Bertz CT molecular complexity index is 993. The van der Waals surface area contributed by atoms with E-state index in [1.165, 1.54) is 0 Å². The number of benzene rings is 1. The zero-order valence-corrected chi connectivity index (χ0v) is 16.0. The van der Waals surface area contributed by atoms with Gasteiger partial charge in [-0.1, -0.05) is 43.0 Å². The summed E-state index contributed by atoms with van der Waals surface area (Å²) in [5.74, 6) is -0.765. The van der Waals surface area contributed by atoms with Crippen LogP contribution in [0.15, 0.2) is 34.2 Å². The number of hydrogen-bond donors (Lipinski definition) is 3. The Balaban J connectivity index is 1.85.